The van der Waals surface area contributed by atoms with E-state index >= 15 is 0 Å². The summed E-state index contributed by atoms with van der Waals surface area (Å²) in [6.45, 7) is 3.19. The van der Waals surface area contributed by atoms with Gasteiger partial charge in [0.05, 0.1) is 5.60 Å². The van der Waals surface area contributed by atoms with Gasteiger partial charge in [0, 0.05) is 24.6 Å². The van der Waals surface area contributed by atoms with Gasteiger partial charge in [0.15, 0.2) is 0 Å². The minimum Gasteiger partial charge on any atom is -0.377 e. The predicted octanol–water partition coefficient (Wildman–Crippen LogP) is 2.97. The van der Waals surface area contributed by atoms with Crippen molar-refractivity contribution in [2.45, 2.75) is 37.8 Å². The molecule has 1 aliphatic carbocycles. The summed E-state index contributed by atoms with van der Waals surface area (Å²) in [5, 5.41) is 5.69. The Labute approximate surface area is 95.6 Å². The highest BCUT2D eigenvalue weighted by Gasteiger charge is 2.36. The Balaban J connectivity index is 1.82. The number of methoxy groups -OCH3 is 1. The van der Waals surface area contributed by atoms with Crippen molar-refractivity contribution in [2.75, 3.05) is 13.7 Å². The first-order valence-electron chi connectivity index (χ1n) is 5.58. The van der Waals surface area contributed by atoms with E-state index in [4.69, 9.17) is 4.74 Å². The van der Waals surface area contributed by atoms with Crippen molar-refractivity contribution in [3.8, 4) is 0 Å². The highest BCUT2D eigenvalue weighted by atomic mass is 32.1. The molecule has 1 saturated carbocycles. The first-order chi connectivity index (χ1) is 7.26. The van der Waals surface area contributed by atoms with Crippen molar-refractivity contribution in [3.05, 3.63) is 22.4 Å². The first-order valence-corrected chi connectivity index (χ1v) is 6.46. The molecule has 0 bridgehead atoms. The summed E-state index contributed by atoms with van der Waals surface area (Å²) >= 11 is 1.81. The minimum atomic E-state index is 0.130. The van der Waals surface area contributed by atoms with Crippen molar-refractivity contribution in [1.82, 2.24) is 5.32 Å². The summed E-state index contributed by atoms with van der Waals surface area (Å²) < 4.78 is 5.58. The molecule has 1 fully saturated rings. The zero-order valence-corrected chi connectivity index (χ0v) is 10.3. The van der Waals surface area contributed by atoms with Crippen LogP contribution in [0, 0.1) is 0 Å². The fourth-order valence-corrected chi connectivity index (χ4v) is 2.76. The lowest BCUT2D eigenvalue weighted by Gasteiger charge is -2.41. The van der Waals surface area contributed by atoms with E-state index in [9.17, 15) is 0 Å². The van der Waals surface area contributed by atoms with Crippen LogP contribution in [0.1, 0.15) is 37.1 Å². The van der Waals surface area contributed by atoms with Crippen LogP contribution in [-0.2, 0) is 4.74 Å². The van der Waals surface area contributed by atoms with Gasteiger partial charge in [-0.2, -0.15) is 0 Å². The van der Waals surface area contributed by atoms with E-state index in [2.05, 4.69) is 29.8 Å². The van der Waals surface area contributed by atoms with Gasteiger partial charge in [-0.05, 0) is 37.6 Å². The molecule has 15 heavy (non-hydrogen) atoms. The summed E-state index contributed by atoms with van der Waals surface area (Å²) in [7, 11) is 1.83. The average Bonchev–Trinajstić information content (AvgIpc) is 2.69. The van der Waals surface area contributed by atoms with Crippen molar-refractivity contribution in [3.63, 3.8) is 0 Å². The number of rotatable bonds is 5. The Morgan fingerprint density at radius 3 is 2.87 bits per heavy atom. The SMILES string of the molecule is COC1(CNC(C)c2cccs2)CCC1. The zero-order chi connectivity index (χ0) is 10.7. The number of nitrogens with one attached hydrogen (secondary N) is 1. The second kappa shape index (κ2) is 4.64. The van der Waals surface area contributed by atoms with Crippen LogP contribution in [0.3, 0.4) is 0 Å². The molecule has 0 aromatic carbocycles. The molecule has 0 amide bonds. The van der Waals surface area contributed by atoms with E-state index in [0.29, 0.717) is 6.04 Å². The number of hydrogen-bond donors (Lipinski definition) is 1. The second-order valence-electron chi connectivity index (χ2n) is 4.36. The lowest BCUT2D eigenvalue weighted by Crippen LogP contribution is -2.48. The largest absolute Gasteiger partial charge is 0.377 e. The zero-order valence-electron chi connectivity index (χ0n) is 9.45. The summed E-state index contributed by atoms with van der Waals surface area (Å²) in [6, 6.07) is 4.73. The van der Waals surface area contributed by atoms with E-state index in [1.807, 2.05) is 18.4 Å². The molecule has 84 valence electrons. The quantitative estimate of drug-likeness (QED) is 0.832. The van der Waals surface area contributed by atoms with Crippen LogP contribution < -0.4 is 5.32 Å². The van der Waals surface area contributed by atoms with Crippen LogP contribution in [0.25, 0.3) is 0 Å². The minimum absolute atomic E-state index is 0.130. The molecule has 0 radical (unpaired) electrons. The molecule has 3 heteroatoms. The molecule has 0 aliphatic heterocycles. The molecule has 2 nitrogen and oxygen atoms in total. The Morgan fingerprint density at radius 2 is 2.40 bits per heavy atom. The van der Waals surface area contributed by atoms with Gasteiger partial charge in [0.1, 0.15) is 0 Å². The van der Waals surface area contributed by atoms with Gasteiger partial charge in [-0.15, -0.1) is 11.3 Å². The highest BCUT2D eigenvalue weighted by Crippen LogP contribution is 2.34. The lowest BCUT2D eigenvalue weighted by atomic mass is 9.80. The van der Waals surface area contributed by atoms with Crippen LogP contribution in [0.4, 0.5) is 0 Å². The standard InChI is InChI=1S/C12H19NOS/c1-10(11-5-3-8-15-11)13-9-12(14-2)6-4-7-12/h3,5,8,10,13H,4,6-7,9H2,1-2H3. The number of hydrogen-bond acceptors (Lipinski definition) is 3. The summed E-state index contributed by atoms with van der Waals surface area (Å²) in [5.41, 5.74) is 0.130. The molecule has 1 aromatic heterocycles. The second-order valence-corrected chi connectivity index (χ2v) is 5.34. The summed E-state index contributed by atoms with van der Waals surface area (Å²) in [5.74, 6) is 0. The maximum Gasteiger partial charge on any atom is 0.0802 e. The lowest BCUT2D eigenvalue weighted by molar-refractivity contribution is -0.0706. The molecule has 1 aromatic rings. The van der Waals surface area contributed by atoms with Crippen molar-refractivity contribution in [2.24, 2.45) is 0 Å². The molecule has 1 aliphatic rings. The average molecular weight is 225 g/mol. The van der Waals surface area contributed by atoms with Gasteiger partial charge >= 0.3 is 0 Å². The molecule has 0 saturated heterocycles. The van der Waals surface area contributed by atoms with Gasteiger partial charge in [0.2, 0.25) is 0 Å². The van der Waals surface area contributed by atoms with Crippen LogP contribution >= 0.6 is 11.3 Å². The fourth-order valence-electron chi connectivity index (χ4n) is 2.00. The Morgan fingerprint density at radius 1 is 1.60 bits per heavy atom. The summed E-state index contributed by atoms with van der Waals surface area (Å²) in [4.78, 5) is 1.40. The van der Waals surface area contributed by atoms with Crippen LogP contribution in [0.2, 0.25) is 0 Å². The summed E-state index contributed by atoms with van der Waals surface area (Å²) in [6.07, 6.45) is 3.71. The number of ether oxygens (including phenoxy) is 1. The van der Waals surface area contributed by atoms with Gasteiger partial charge in [-0.25, -0.2) is 0 Å². The van der Waals surface area contributed by atoms with Crippen molar-refractivity contribution < 1.29 is 4.74 Å². The third-order valence-corrected chi connectivity index (χ3v) is 4.45. The Kier molecular flexibility index (Phi) is 3.44. The molecular weight excluding hydrogens is 206 g/mol. The van der Waals surface area contributed by atoms with E-state index in [1.165, 1.54) is 24.1 Å². The normalized spacial score (nSPS) is 20.9. The first kappa shape index (κ1) is 11.1. The van der Waals surface area contributed by atoms with Gasteiger partial charge in [0.25, 0.3) is 0 Å². The van der Waals surface area contributed by atoms with E-state index in [-0.39, 0.29) is 5.60 Å². The molecule has 1 heterocycles. The van der Waals surface area contributed by atoms with E-state index in [1.54, 1.807) is 0 Å². The highest BCUT2D eigenvalue weighted by molar-refractivity contribution is 7.10. The third-order valence-electron chi connectivity index (χ3n) is 3.40. The molecule has 0 spiro atoms. The maximum atomic E-state index is 5.58. The van der Waals surface area contributed by atoms with E-state index in [0.717, 1.165) is 6.54 Å². The smallest absolute Gasteiger partial charge is 0.0802 e. The fraction of sp³-hybridized carbons (Fsp3) is 0.667. The van der Waals surface area contributed by atoms with Gasteiger partial charge in [-0.1, -0.05) is 6.07 Å². The maximum absolute atomic E-state index is 5.58. The van der Waals surface area contributed by atoms with Crippen LogP contribution in [0.5, 0.6) is 0 Å². The van der Waals surface area contributed by atoms with Gasteiger partial charge < -0.3 is 10.1 Å². The molecule has 2 rings (SSSR count). The monoisotopic (exact) mass is 225 g/mol. The van der Waals surface area contributed by atoms with Crippen molar-refractivity contribution >= 4 is 11.3 Å². The Bertz CT molecular complexity index is 287. The number of thiophene rings is 1. The van der Waals surface area contributed by atoms with Crippen LogP contribution in [-0.4, -0.2) is 19.3 Å². The molecular formula is C12H19NOS. The third kappa shape index (κ3) is 2.41. The van der Waals surface area contributed by atoms with Crippen molar-refractivity contribution in [1.29, 1.82) is 0 Å². The van der Waals surface area contributed by atoms with Gasteiger partial charge in [-0.3, -0.25) is 0 Å². The Hall–Kier alpha value is -0.380. The van der Waals surface area contributed by atoms with E-state index < -0.39 is 0 Å². The van der Waals surface area contributed by atoms with Crippen LogP contribution in [0.15, 0.2) is 17.5 Å². The topological polar surface area (TPSA) is 21.3 Å². The predicted molar refractivity (Wildman–Crippen MR) is 64.3 cm³/mol. The molecule has 1 N–H and O–H groups in total. The molecule has 1 atom stereocenters. The molecule has 1 unspecified atom stereocenters.